The van der Waals surface area contributed by atoms with Crippen molar-refractivity contribution in [2.75, 3.05) is 13.4 Å². The number of carbonyl (C=O) groups excluding carboxylic acids is 1. The molecule has 1 atom stereocenters. The number of esters is 1. The van der Waals surface area contributed by atoms with Gasteiger partial charge in [0.1, 0.15) is 0 Å². The van der Waals surface area contributed by atoms with Crippen LogP contribution in [-0.2, 0) is 19.0 Å². The lowest BCUT2D eigenvalue weighted by molar-refractivity contribution is -0.189. The Morgan fingerprint density at radius 2 is 2.08 bits per heavy atom. The molecule has 0 rings (SSSR count). The quantitative estimate of drug-likeness (QED) is 0.359. The van der Waals surface area contributed by atoms with Gasteiger partial charge < -0.3 is 14.2 Å². The number of hydrogen-bond acceptors (Lipinski definition) is 4. The van der Waals surface area contributed by atoms with Gasteiger partial charge in [0.15, 0.2) is 13.1 Å². The largest absolute Gasteiger partial charge is 0.435 e. The van der Waals surface area contributed by atoms with Crippen molar-refractivity contribution in [2.24, 2.45) is 0 Å². The second-order valence-corrected chi connectivity index (χ2v) is 2.52. The molecule has 0 aromatic rings. The van der Waals surface area contributed by atoms with Gasteiger partial charge in [-0.3, -0.25) is 0 Å². The molecule has 0 saturated carbocycles. The van der Waals surface area contributed by atoms with Crippen molar-refractivity contribution in [1.29, 1.82) is 0 Å². The third kappa shape index (κ3) is 6.31. The summed E-state index contributed by atoms with van der Waals surface area (Å²) in [6.07, 6.45) is -0.358. The molecule has 0 radical (unpaired) electrons. The number of rotatable bonds is 6. The van der Waals surface area contributed by atoms with Crippen molar-refractivity contribution < 1.29 is 19.0 Å². The van der Waals surface area contributed by atoms with E-state index in [2.05, 4.69) is 11.3 Å². The van der Waals surface area contributed by atoms with Crippen LogP contribution in [0.5, 0.6) is 0 Å². The van der Waals surface area contributed by atoms with Crippen LogP contribution in [0.4, 0.5) is 0 Å². The molecule has 4 nitrogen and oxygen atoms in total. The van der Waals surface area contributed by atoms with Crippen molar-refractivity contribution in [2.45, 2.75) is 27.1 Å². The average Bonchev–Trinajstić information content (AvgIpc) is 2.04. The molecular weight excluding hydrogens is 172 g/mol. The molecule has 0 aliphatic rings. The van der Waals surface area contributed by atoms with Gasteiger partial charge in [-0.05, 0) is 20.8 Å². The first-order chi connectivity index (χ1) is 6.07. The normalized spacial score (nSPS) is 12.2. The molecule has 76 valence electrons. The molecule has 1 unspecified atom stereocenters. The SMILES string of the molecule is C=C(C)C(=O)OCOC(C)OCC. The molecule has 0 spiro atoms. The van der Waals surface area contributed by atoms with Gasteiger partial charge in [0.2, 0.25) is 0 Å². The highest BCUT2D eigenvalue weighted by atomic mass is 16.8. The Balaban J connectivity index is 3.44. The van der Waals surface area contributed by atoms with E-state index in [9.17, 15) is 4.79 Å². The minimum Gasteiger partial charge on any atom is -0.435 e. The highest BCUT2D eigenvalue weighted by molar-refractivity contribution is 5.86. The van der Waals surface area contributed by atoms with Crippen LogP contribution in [0.3, 0.4) is 0 Å². The molecular formula is C9H16O4. The maximum atomic E-state index is 10.8. The maximum absolute atomic E-state index is 10.8. The van der Waals surface area contributed by atoms with E-state index in [1.807, 2.05) is 6.92 Å². The minimum absolute atomic E-state index is 0.104. The van der Waals surface area contributed by atoms with Crippen molar-refractivity contribution >= 4 is 5.97 Å². The Hall–Kier alpha value is -0.870. The Kier molecular flexibility index (Phi) is 6.18. The van der Waals surface area contributed by atoms with Gasteiger partial charge >= 0.3 is 5.97 Å². The third-order valence-electron chi connectivity index (χ3n) is 1.24. The fraction of sp³-hybridized carbons (Fsp3) is 0.667. The summed E-state index contributed by atoms with van der Waals surface area (Å²) in [6, 6.07) is 0. The fourth-order valence-electron chi connectivity index (χ4n) is 0.589. The predicted octanol–water partition coefficient (Wildman–Crippen LogP) is 1.46. The van der Waals surface area contributed by atoms with Crippen LogP contribution < -0.4 is 0 Å². The van der Waals surface area contributed by atoms with Crippen LogP contribution in [0.2, 0.25) is 0 Å². The molecule has 0 amide bonds. The molecule has 4 heteroatoms. The van der Waals surface area contributed by atoms with Gasteiger partial charge in [-0.1, -0.05) is 6.58 Å². The van der Waals surface area contributed by atoms with E-state index in [1.54, 1.807) is 13.8 Å². The van der Waals surface area contributed by atoms with Crippen molar-refractivity contribution in [3.05, 3.63) is 12.2 Å². The van der Waals surface area contributed by atoms with Gasteiger partial charge in [-0.25, -0.2) is 4.79 Å². The van der Waals surface area contributed by atoms with Crippen LogP contribution in [0.25, 0.3) is 0 Å². The van der Waals surface area contributed by atoms with Crippen LogP contribution in [0.15, 0.2) is 12.2 Å². The van der Waals surface area contributed by atoms with Crippen LogP contribution in [-0.4, -0.2) is 25.7 Å². The van der Waals surface area contributed by atoms with Gasteiger partial charge in [0, 0.05) is 12.2 Å². The van der Waals surface area contributed by atoms with E-state index < -0.39 is 5.97 Å². The molecule has 13 heavy (non-hydrogen) atoms. The lowest BCUT2D eigenvalue weighted by Crippen LogP contribution is -2.17. The minimum atomic E-state index is -0.455. The zero-order valence-electron chi connectivity index (χ0n) is 8.33. The first-order valence-corrected chi connectivity index (χ1v) is 4.13. The highest BCUT2D eigenvalue weighted by Crippen LogP contribution is 1.96. The summed E-state index contributed by atoms with van der Waals surface area (Å²) >= 11 is 0. The maximum Gasteiger partial charge on any atom is 0.335 e. The molecule has 0 aromatic carbocycles. The van der Waals surface area contributed by atoms with Gasteiger partial charge in [0.05, 0.1) is 0 Å². The lowest BCUT2D eigenvalue weighted by Gasteiger charge is -2.12. The summed E-state index contributed by atoms with van der Waals surface area (Å²) in [5.41, 5.74) is 0.354. The van der Waals surface area contributed by atoms with Gasteiger partial charge in [-0.2, -0.15) is 0 Å². The topological polar surface area (TPSA) is 44.8 Å². The van der Waals surface area contributed by atoms with E-state index in [1.165, 1.54) is 0 Å². The Morgan fingerprint density at radius 1 is 1.46 bits per heavy atom. The molecule has 0 N–H and O–H groups in total. The summed E-state index contributed by atoms with van der Waals surface area (Å²) in [6.45, 7) is 9.06. The number of hydrogen-bond donors (Lipinski definition) is 0. The Labute approximate surface area is 78.5 Å². The first kappa shape index (κ1) is 12.1. The molecule has 0 aromatic heterocycles. The van der Waals surface area contributed by atoms with Crippen LogP contribution in [0.1, 0.15) is 20.8 Å². The monoisotopic (exact) mass is 188 g/mol. The molecule has 0 bridgehead atoms. The van der Waals surface area contributed by atoms with E-state index in [4.69, 9.17) is 9.47 Å². The standard InChI is InChI=1S/C9H16O4/c1-5-11-8(4)12-6-13-9(10)7(2)3/h8H,2,5-6H2,1,3-4H3. The lowest BCUT2D eigenvalue weighted by atomic mass is 10.4. The Bertz CT molecular complexity index is 176. The summed E-state index contributed by atoms with van der Waals surface area (Å²) in [5.74, 6) is -0.455. The molecule has 0 saturated heterocycles. The molecule has 0 heterocycles. The summed E-state index contributed by atoms with van der Waals surface area (Å²) in [7, 11) is 0. The highest BCUT2D eigenvalue weighted by Gasteiger charge is 2.04. The molecule has 0 fully saturated rings. The van der Waals surface area contributed by atoms with E-state index in [0.717, 1.165) is 0 Å². The summed E-state index contributed by atoms with van der Waals surface area (Å²) in [4.78, 5) is 10.8. The average molecular weight is 188 g/mol. The van der Waals surface area contributed by atoms with Crippen LogP contribution in [0, 0.1) is 0 Å². The number of carbonyl (C=O) groups is 1. The second kappa shape index (κ2) is 6.62. The van der Waals surface area contributed by atoms with E-state index >= 15 is 0 Å². The van der Waals surface area contributed by atoms with Crippen LogP contribution >= 0.6 is 0 Å². The third-order valence-corrected chi connectivity index (χ3v) is 1.24. The van der Waals surface area contributed by atoms with Gasteiger partial charge in [-0.15, -0.1) is 0 Å². The van der Waals surface area contributed by atoms with Crippen molar-refractivity contribution in [1.82, 2.24) is 0 Å². The van der Waals surface area contributed by atoms with E-state index in [-0.39, 0.29) is 13.1 Å². The predicted molar refractivity (Wildman–Crippen MR) is 47.9 cm³/mol. The summed E-state index contributed by atoms with van der Waals surface area (Å²) in [5, 5.41) is 0. The smallest absolute Gasteiger partial charge is 0.335 e. The van der Waals surface area contributed by atoms with E-state index in [0.29, 0.717) is 12.2 Å². The molecule has 0 aliphatic heterocycles. The number of ether oxygens (including phenoxy) is 3. The van der Waals surface area contributed by atoms with Gasteiger partial charge in [0.25, 0.3) is 0 Å². The fourth-order valence-corrected chi connectivity index (χ4v) is 0.589. The van der Waals surface area contributed by atoms with Crippen molar-refractivity contribution in [3.63, 3.8) is 0 Å². The second-order valence-electron chi connectivity index (χ2n) is 2.52. The van der Waals surface area contributed by atoms with Crippen molar-refractivity contribution in [3.8, 4) is 0 Å². The zero-order valence-corrected chi connectivity index (χ0v) is 8.33. The Morgan fingerprint density at radius 3 is 2.54 bits per heavy atom. The zero-order chi connectivity index (χ0) is 10.3. The summed E-state index contributed by atoms with van der Waals surface area (Å²) < 4.78 is 14.7. The molecule has 0 aliphatic carbocycles. The first-order valence-electron chi connectivity index (χ1n) is 4.13.